The Hall–Kier alpha value is -3.49. The van der Waals surface area contributed by atoms with E-state index in [-0.39, 0.29) is 23.0 Å². The minimum absolute atomic E-state index is 0.163. The lowest BCUT2D eigenvalue weighted by Gasteiger charge is -2.34. The summed E-state index contributed by atoms with van der Waals surface area (Å²) in [5, 5.41) is 4.30. The smallest absolute Gasteiger partial charge is 0.277 e. The van der Waals surface area contributed by atoms with Crippen LogP contribution < -0.4 is 10.6 Å². The van der Waals surface area contributed by atoms with Crippen molar-refractivity contribution in [1.82, 2.24) is 19.6 Å². The second kappa shape index (κ2) is 10.9. The molecule has 1 saturated heterocycles. The molecule has 1 amide bonds. The highest BCUT2D eigenvalue weighted by molar-refractivity contribution is 6.09. The normalized spacial score (nSPS) is 16.9. The molecule has 2 aliphatic heterocycles. The van der Waals surface area contributed by atoms with E-state index in [9.17, 15) is 9.59 Å². The van der Waals surface area contributed by atoms with Gasteiger partial charge in [0, 0.05) is 63.5 Å². The van der Waals surface area contributed by atoms with E-state index in [0.717, 1.165) is 44.0 Å². The van der Waals surface area contributed by atoms with Gasteiger partial charge in [-0.3, -0.25) is 14.5 Å². The summed E-state index contributed by atoms with van der Waals surface area (Å²) in [4.78, 5) is 33.2. The first-order chi connectivity index (χ1) is 18.6. The quantitative estimate of drug-likeness (QED) is 0.518. The maximum Gasteiger partial charge on any atom is 0.277 e. The summed E-state index contributed by atoms with van der Waals surface area (Å²) >= 11 is 0. The van der Waals surface area contributed by atoms with Crippen molar-refractivity contribution >= 4 is 23.3 Å². The number of aryl methyl sites for hydroxylation is 1. The standard InChI is InChI=1S/C31H40N6O2/c1-22-5-11-25(12-6-22)36-16-13-26-28(30(36)39)37(33-29(26)32)27(38)14-15-34-17-19-35(20-18-34)21-23-7-9-24(10-8-23)31(2,3)4/h5-12H,13-21H2,1-4H3,(H2,32,33). The third-order valence-corrected chi connectivity index (χ3v) is 7.96. The van der Waals surface area contributed by atoms with Crippen LogP contribution in [-0.4, -0.2) is 70.7 Å². The van der Waals surface area contributed by atoms with Gasteiger partial charge < -0.3 is 15.5 Å². The van der Waals surface area contributed by atoms with Gasteiger partial charge in [0.1, 0.15) is 11.5 Å². The van der Waals surface area contributed by atoms with E-state index in [1.165, 1.54) is 15.8 Å². The molecule has 39 heavy (non-hydrogen) atoms. The molecule has 206 valence electrons. The number of amides is 1. The molecule has 1 aromatic heterocycles. The largest absolute Gasteiger partial charge is 0.382 e. The number of nitrogens with zero attached hydrogens (tertiary/aromatic N) is 5. The highest BCUT2D eigenvalue weighted by Gasteiger charge is 2.34. The van der Waals surface area contributed by atoms with Gasteiger partial charge in [0.15, 0.2) is 0 Å². The van der Waals surface area contributed by atoms with E-state index in [1.807, 2.05) is 31.2 Å². The fourth-order valence-corrected chi connectivity index (χ4v) is 5.44. The van der Waals surface area contributed by atoms with Gasteiger partial charge in [-0.15, -0.1) is 5.10 Å². The number of carbonyl (C=O) groups is 2. The molecular formula is C31H40N6O2. The van der Waals surface area contributed by atoms with Crippen molar-refractivity contribution < 1.29 is 9.59 Å². The average molecular weight is 529 g/mol. The van der Waals surface area contributed by atoms with E-state index >= 15 is 0 Å². The molecule has 0 spiro atoms. The van der Waals surface area contributed by atoms with E-state index in [2.05, 4.69) is 59.9 Å². The second-order valence-corrected chi connectivity index (χ2v) is 11.9. The van der Waals surface area contributed by atoms with E-state index < -0.39 is 0 Å². The monoisotopic (exact) mass is 528 g/mol. The number of hydrogen-bond acceptors (Lipinski definition) is 6. The molecule has 2 N–H and O–H groups in total. The summed E-state index contributed by atoms with van der Waals surface area (Å²) < 4.78 is 1.25. The van der Waals surface area contributed by atoms with Gasteiger partial charge in [0.2, 0.25) is 5.91 Å². The fraction of sp³-hybridized carbons (Fsp3) is 0.452. The zero-order valence-corrected chi connectivity index (χ0v) is 23.6. The van der Waals surface area contributed by atoms with Crippen LogP contribution in [0.1, 0.15) is 64.7 Å². The Morgan fingerprint density at radius 1 is 0.923 bits per heavy atom. The summed E-state index contributed by atoms with van der Waals surface area (Å²) in [5.41, 5.74) is 11.9. The molecule has 8 nitrogen and oxygen atoms in total. The van der Waals surface area contributed by atoms with Crippen molar-refractivity contribution in [2.75, 3.05) is 49.9 Å². The van der Waals surface area contributed by atoms with Gasteiger partial charge in [-0.2, -0.15) is 4.68 Å². The molecule has 0 bridgehead atoms. The molecule has 3 heterocycles. The fourth-order valence-electron chi connectivity index (χ4n) is 5.44. The number of hydrogen-bond donors (Lipinski definition) is 1. The number of fused-ring (bicyclic) bond motifs is 1. The Balaban J connectivity index is 1.16. The predicted molar refractivity (Wildman–Crippen MR) is 155 cm³/mol. The number of piperazine rings is 1. The number of nitrogen functional groups attached to an aromatic ring is 1. The summed E-state index contributed by atoms with van der Waals surface area (Å²) in [6, 6.07) is 16.8. The van der Waals surface area contributed by atoms with Crippen molar-refractivity contribution in [2.45, 2.75) is 52.5 Å². The maximum atomic E-state index is 13.4. The first-order valence-electron chi connectivity index (χ1n) is 13.9. The number of anilines is 2. The van der Waals surface area contributed by atoms with Gasteiger partial charge >= 0.3 is 0 Å². The lowest BCUT2D eigenvalue weighted by molar-refractivity contribution is 0.0813. The highest BCUT2D eigenvalue weighted by atomic mass is 16.2. The van der Waals surface area contributed by atoms with Gasteiger partial charge in [-0.25, -0.2) is 0 Å². The number of aromatic nitrogens is 2. The van der Waals surface area contributed by atoms with Gasteiger partial charge in [-0.1, -0.05) is 62.7 Å². The zero-order valence-electron chi connectivity index (χ0n) is 23.6. The van der Waals surface area contributed by atoms with Crippen LogP contribution >= 0.6 is 0 Å². The Morgan fingerprint density at radius 3 is 2.21 bits per heavy atom. The molecule has 0 aliphatic carbocycles. The molecule has 0 atom stereocenters. The number of carbonyl (C=O) groups excluding carboxylic acids is 2. The summed E-state index contributed by atoms with van der Waals surface area (Å²) in [7, 11) is 0. The molecule has 1 fully saturated rings. The Kier molecular flexibility index (Phi) is 7.60. The zero-order chi connectivity index (χ0) is 27.7. The van der Waals surface area contributed by atoms with Crippen LogP contribution in [0.25, 0.3) is 0 Å². The molecule has 0 saturated carbocycles. The van der Waals surface area contributed by atoms with Crippen molar-refractivity contribution in [3.8, 4) is 0 Å². The lowest BCUT2D eigenvalue weighted by atomic mass is 9.87. The second-order valence-electron chi connectivity index (χ2n) is 11.9. The average Bonchev–Trinajstić information content (AvgIpc) is 3.26. The topological polar surface area (TPSA) is 87.7 Å². The molecule has 0 radical (unpaired) electrons. The van der Waals surface area contributed by atoms with E-state index in [1.54, 1.807) is 4.90 Å². The summed E-state index contributed by atoms with van der Waals surface area (Å²) in [6.45, 7) is 14.6. The van der Waals surface area contributed by atoms with Crippen LogP contribution in [0.15, 0.2) is 48.5 Å². The Bertz CT molecular complexity index is 1330. The van der Waals surface area contributed by atoms with Crippen LogP contribution in [0.4, 0.5) is 11.5 Å². The minimum atomic E-state index is -0.221. The highest BCUT2D eigenvalue weighted by Crippen LogP contribution is 2.28. The maximum absolute atomic E-state index is 13.4. The van der Waals surface area contributed by atoms with Crippen LogP contribution in [-0.2, 0) is 18.4 Å². The van der Waals surface area contributed by atoms with Gasteiger partial charge in [-0.05, 0) is 42.0 Å². The minimum Gasteiger partial charge on any atom is -0.382 e. The van der Waals surface area contributed by atoms with Crippen molar-refractivity contribution in [3.05, 3.63) is 76.5 Å². The Labute approximate surface area is 231 Å². The molecule has 3 aromatic rings. The Morgan fingerprint density at radius 2 is 1.56 bits per heavy atom. The molecule has 8 heteroatoms. The van der Waals surface area contributed by atoms with Crippen molar-refractivity contribution in [2.24, 2.45) is 0 Å². The predicted octanol–water partition coefficient (Wildman–Crippen LogP) is 4.12. The van der Waals surface area contributed by atoms with Crippen LogP contribution in [0.5, 0.6) is 0 Å². The lowest BCUT2D eigenvalue weighted by Crippen LogP contribution is -2.46. The molecule has 2 aromatic carbocycles. The third kappa shape index (κ3) is 5.92. The first kappa shape index (κ1) is 27.1. The van der Waals surface area contributed by atoms with E-state index in [0.29, 0.717) is 37.2 Å². The summed E-state index contributed by atoms with van der Waals surface area (Å²) in [5.74, 6) is -0.135. The van der Waals surface area contributed by atoms with Crippen molar-refractivity contribution in [1.29, 1.82) is 0 Å². The summed E-state index contributed by atoms with van der Waals surface area (Å²) in [6.07, 6.45) is 0.870. The van der Waals surface area contributed by atoms with Crippen LogP contribution in [0.2, 0.25) is 0 Å². The number of rotatable bonds is 6. The molecular weight excluding hydrogens is 488 g/mol. The number of nitrogens with two attached hydrogens (primary N) is 1. The number of benzene rings is 2. The molecule has 2 aliphatic rings. The van der Waals surface area contributed by atoms with E-state index in [4.69, 9.17) is 5.73 Å². The molecule has 5 rings (SSSR count). The van der Waals surface area contributed by atoms with Crippen molar-refractivity contribution in [3.63, 3.8) is 0 Å². The van der Waals surface area contributed by atoms with Crippen LogP contribution in [0.3, 0.4) is 0 Å². The van der Waals surface area contributed by atoms with Crippen LogP contribution in [0, 0.1) is 6.92 Å². The SMILES string of the molecule is Cc1ccc(N2CCc3c(N)nn(C(=O)CCN4CCN(Cc5ccc(C(C)(C)C)cc5)CC4)c3C2=O)cc1. The first-order valence-corrected chi connectivity index (χ1v) is 13.9. The van der Waals surface area contributed by atoms with Gasteiger partial charge in [0.05, 0.1) is 0 Å². The third-order valence-electron chi connectivity index (χ3n) is 7.96. The van der Waals surface area contributed by atoms with Gasteiger partial charge in [0.25, 0.3) is 5.91 Å². The molecule has 0 unspecified atom stereocenters.